The summed E-state index contributed by atoms with van der Waals surface area (Å²) in [7, 11) is 0. The molecule has 2 rings (SSSR count). The van der Waals surface area contributed by atoms with E-state index in [0.717, 1.165) is 25.3 Å². The minimum absolute atomic E-state index is 0.611. The molecule has 1 atom stereocenters. The van der Waals surface area contributed by atoms with Crippen molar-refractivity contribution in [3.8, 4) is 5.75 Å². The van der Waals surface area contributed by atoms with E-state index in [-0.39, 0.29) is 0 Å². The second-order valence-electron chi connectivity index (χ2n) is 3.28. The Kier molecular flexibility index (Phi) is 2.00. The van der Waals surface area contributed by atoms with Crippen molar-refractivity contribution in [2.75, 3.05) is 13.2 Å². The first-order chi connectivity index (χ1) is 5.90. The molecular weight excluding hydrogens is 150 g/mol. The van der Waals surface area contributed by atoms with Crippen molar-refractivity contribution >= 4 is 0 Å². The fourth-order valence-corrected chi connectivity index (χ4v) is 1.58. The van der Waals surface area contributed by atoms with Crippen molar-refractivity contribution in [2.45, 2.75) is 6.42 Å². The molecule has 2 nitrogen and oxygen atoms in total. The summed E-state index contributed by atoms with van der Waals surface area (Å²) in [6.45, 7) is 1.80. The summed E-state index contributed by atoms with van der Waals surface area (Å²) >= 11 is 0. The first kappa shape index (κ1) is 7.62. The van der Waals surface area contributed by atoms with E-state index >= 15 is 0 Å². The summed E-state index contributed by atoms with van der Waals surface area (Å²) in [6, 6.07) is 8.25. The molecule has 0 saturated heterocycles. The highest BCUT2D eigenvalue weighted by Gasteiger charge is 2.18. The lowest BCUT2D eigenvalue weighted by molar-refractivity contribution is -0.380. The largest absolute Gasteiger partial charge is 0.493 e. The van der Waals surface area contributed by atoms with Crippen molar-refractivity contribution in [1.82, 2.24) is 0 Å². The number of ether oxygens (including phenoxy) is 1. The van der Waals surface area contributed by atoms with Gasteiger partial charge in [-0.3, -0.25) is 0 Å². The number of hydrogen-bond acceptors (Lipinski definition) is 1. The first-order valence-corrected chi connectivity index (χ1v) is 4.40. The molecule has 0 bridgehead atoms. The third kappa shape index (κ3) is 1.30. The zero-order chi connectivity index (χ0) is 8.39. The number of rotatable bonds is 1. The van der Waals surface area contributed by atoms with Gasteiger partial charge in [-0.05, 0) is 18.1 Å². The van der Waals surface area contributed by atoms with Crippen molar-refractivity contribution < 1.29 is 10.5 Å². The summed E-state index contributed by atoms with van der Waals surface area (Å²) in [5.74, 6) is 1.67. The van der Waals surface area contributed by atoms with Crippen LogP contribution in [-0.2, 0) is 6.42 Å². The molecule has 0 fully saturated rings. The monoisotopic (exact) mass is 164 g/mol. The molecule has 1 heterocycles. The summed E-state index contributed by atoms with van der Waals surface area (Å²) < 4.78 is 5.59. The van der Waals surface area contributed by atoms with Crippen molar-refractivity contribution in [3.05, 3.63) is 29.8 Å². The van der Waals surface area contributed by atoms with Gasteiger partial charge in [-0.2, -0.15) is 0 Å². The maximum atomic E-state index is 5.59. The van der Waals surface area contributed by atoms with Crippen LogP contribution >= 0.6 is 0 Å². The van der Waals surface area contributed by atoms with E-state index in [9.17, 15) is 0 Å². The normalized spacial score (nSPS) is 21.2. The highest BCUT2D eigenvalue weighted by Crippen LogP contribution is 2.25. The second-order valence-corrected chi connectivity index (χ2v) is 3.28. The highest BCUT2D eigenvalue weighted by atomic mass is 16.5. The lowest BCUT2D eigenvalue weighted by Crippen LogP contribution is -2.55. The first-order valence-electron chi connectivity index (χ1n) is 4.40. The summed E-state index contributed by atoms with van der Waals surface area (Å²) in [5.41, 5.74) is 5.23. The van der Waals surface area contributed by atoms with Gasteiger partial charge in [0.25, 0.3) is 0 Å². The van der Waals surface area contributed by atoms with Crippen molar-refractivity contribution in [2.24, 2.45) is 5.92 Å². The molecule has 0 aromatic heterocycles. The average molecular weight is 164 g/mol. The van der Waals surface area contributed by atoms with Gasteiger partial charge in [0, 0.05) is 5.92 Å². The van der Waals surface area contributed by atoms with Crippen LogP contribution in [0.4, 0.5) is 0 Å². The van der Waals surface area contributed by atoms with Gasteiger partial charge in [0.15, 0.2) is 0 Å². The molecule has 2 heteroatoms. The van der Waals surface area contributed by atoms with Gasteiger partial charge in [0.1, 0.15) is 5.75 Å². The molecule has 0 radical (unpaired) electrons. The van der Waals surface area contributed by atoms with Gasteiger partial charge in [-0.25, -0.2) is 0 Å². The predicted molar refractivity (Wildman–Crippen MR) is 46.9 cm³/mol. The summed E-state index contributed by atoms with van der Waals surface area (Å²) in [6.07, 6.45) is 1.12. The highest BCUT2D eigenvalue weighted by molar-refractivity contribution is 5.34. The summed E-state index contributed by atoms with van der Waals surface area (Å²) in [4.78, 5) is 0. The Hall–Kier alpha value is -1.02. The maximum absolute atomic E-state index is 5.59. The number of para-hydroxylation sites is 1. The number of fused-ring (bicyclic) bond motifs is 1. The van der Waals surface area contributed by atoms with Crippen LogP contribution in [0.1, 0.15) is 5.56 Å². The molecule has 3 N–H and O–H groups in total. The average Bonchev–Trinajstić information content (AvgIpc) is 2.17. The molecule has 1 aliphatic rings. The zero-order valence-corrected chi connectivity index (χ0v) is 7.12. The Morgan fingerprint density at radius 2 is 2.25 bits per heavy atom. The van der Waals surface area contributed by atoms with Crippen LogP contribution in [0, 0.1) is 5.92 Å². The molecular formula is C10H14NO+. The van der Waals surface area contributed by atoms with Gasteiger partial charge in [0.2, 0.25) is 0 Å². The third-order valence-corrected chi connectivity index (χ3v) is 2.36. The Bertz CT molecular complexity index is 272. The zero-order valence-electron chi connectivity index (χ0n) is 7.12. The Labute approximate surface area is 72.3 Å². The Morgan fingerprint density at radius 3 is 3.08 bits per heavy atom. The SMILES string of the molecule is [NH3+]C[C@@H]1COc2ccccc2C1. The van der Waals surface area contributed by atoms with E-state index in [1.165, 1.54) is 5.56 Å². The van der Waals surface area contributed by atoms with Gasteiger partial charge in [0.05, 0.1) is 13.2 Å². The minimum Gasteiger partial charge on any atom is -0.493 e. The van der Waals surface area contributed by atoms with E-state index in [4.69, 9.17) is 4.74 Å². The maximum Gasteiger partial charge on any atom is 0.122 e. The molecule has 1 aliphatic heterocycles. The van der Waals surface area contributed by atoms with Crippen molar-refractivity contribution in [1.29, 1.82) is 0 Å². The predicted octanol–water partition coefficient (Wildman–Crippen LogP) is 0.480. The van der Waals surface area contributed by atoms with Gasteiger partial charge >= 0.3 is 0 Å². The molecule has 0 spiro atoms. The van der Waals surface area contributed by atoms with Crippen LogP contribution in [0.5, 0.6) is 5.75 Å². The third-order valence-electron chi connectivity index (χ3n) is 2.36. The van der Waals surface area contributed by atoms with Crippen LogP contribution in [0.2, 0.25) is 0 Å². The smallest absolute Gasteiger partial charge is 0.122 e. The molecule has 1 aromatic rings. The fourth-order valence-electron chi connectivity index (χ4n) is 1.58. The molecule has 0 saturated carbocycles. The molecule has 0 unspecified atom stereocenters. The van der Waals surface area contributed by atoms with Crippen molar-refractivity contribution in [3.63, 3.8) is 0 Å². The van der Waals surface area contributed by atoms with E-state index in [1.807, 2.05) is 12.1 Å². The quantitative estimate of drug-likeness (QED) is 0.644. The van der Waals surface area contributed by atoms with Crippen LogP contribution in [0.3, 0.4) is 0 Å². The van der Waals surface area contributed by atoms with E-state index in [0.29, 0.717) is 5.92 Å². The molecule has 0 amide bonds. The van der Waals surface area contributed by atoms with Crippen LogP contribution in [0.25, 0.3) is 0 Å². The summed E-state index contributed by atoms with van der Waals surface area (Å²) in [5, 5.41) is 0. The lowest BCUT2D eigenvalue weighted by atomic mass is 9.97. The Balaban J connectivity index is 2.23. The topological polar surface area (TPSA) is 36.9 Å². The molecule has 1 aromatic carbocycles. The van der Waals surface area contributed by atoms with E-state index in [1.54, 1.807) is 0 Å². The molecule has 64 valence electrons. The Morgan fingerprint density at radius 1 is 1.42 bits per heavy atom. The fraction of sp³-hybridized carbons (Fsp3) is 0.400. The second kappa shape index (κ2) is 3.15. The number of quaternary nitrogens is 1. The number of benzene rings is 1. The minimum atomic E-state index is 0.611. The molecule has 12 heavy (non-hydrogen) atoms. The molecule has 0 aliphatic carbocycles. The van der Waals surface area contributed by atoms with Crippen LogP contribution in [-0.4, -0.2) is 13.2 Å². The van der Waals surface area contributed by atoms with E-state index < -0.39 is 0 Å². The number of hydrogen-bond donors (Lipinski definition) is 1. The van der Waals surface area contributed by atoms with Gasteiger partial charge < -0.3 is 10.5 Å². The van der Waals surface area contributed by atoms with Gasteiger partial charge in [-0.1, -0.05) is 18.2 Å². The van der Waals surface area contributed by atoms with Crippen LogP contribution < -0.4 is 10.5 Å². The standard InChI is InChI=1S/C10H13NO/c11-6-8-5-9-3-1-2-4-10(9)12-7-8/h1-4,8H,5-7,11H2/p+1/t8-/m1/s1. The lowest BCUT2D eigenvalue weighted by Gasteiger charge is -2.22. The van der Waals surface area contributed by atoms with Crippen LogP contribution in [0.15, 0.2) is 24.3 Å². The van der Waals surface area contributed by atoms with Gasteiger partial charge in [-0.15, -0.1) is 0 Å². The van der Waals surface area contributed by atoms with E-state index in [2.05, 4.69) is 17.9 Å².